The van der Waals surface area contributed by atoms with Gasteiger partial charge in [-0.15, -0.1) is 0 Å². The van der Waals surface area contributed by atoms with E-state index in [-0.39, 0.29) is 23.5 Å². The first-order chi connectivity index (χ1) is 19.4. The van der Waals surface area contributed by atoms with Crippen molar-refractivity contribution in [1.29, 1.82) is 0 Å². The molecule has 1 aromatic heterocycles. The summed E-state index contributed by atoms with van der Waals surface area (Å²) in [6.07, 6.45) is 1.52. The zero-order chi connectivity index (χ0) is 27.6. The van der Waals surface area contributed by atoms with E-state index in [1.807, 2.05) is 54.6 Å². The fourth-order valence-electron chi connectivity index (χ4n) is 6.68. The number of furan rings is 1. The van der Waals surface area contributed by atoms with E-state index in [1.54, 1.807) is 24.3 Å². The molecule has 2 heterocycles. The molecule has 196 valence electrons. The van der Waals surface area contributed by atoms with Crippen molar-refractivity contribution in [2.75, 3.05) is 4.90 Å². The van der Waals surface area contributed by atoms with Gasteiger partial charge < -0.3 is 4.42 Å². The highest BCUT2D eigenvalue weighted by Gasteiger charge is 2.68. The molecule has 0 radical (unpaired) electrons. The molecule has 10 nitrogen and oxygen atoms in total. The summed E-state index contributed by atoms with van der Waals surface area (Å²) in [5.74, 6) is -4.06. The van der Waals surface area contributed by atoms with Crippen LogP contribution in [0.25, 0.3) is 0 Å². The van der Waals surface area contributed by atoms with Gasteiger partial charge in [0.1, 0.15) is 4.92 Å². The molecule has 10 heteroatoms. The predicted octanol–water partition coefficient (Wildman–Crippen LogP) is 4.15. The molecule has 2 atom stereocenters. The first-order valence-electron chi connectivity index (χ1n) is 12.6. The first kappa shape index (κ1) is 23.7. The fraction of sp³-hybridized carbons (Fsp3) is 0.133. The fourth-order valence-corrected chi connectivity index (χ4v) is 6.68. The van der Waals surface area contributed by atoms with Crippen LogP contribution in [0.1, 0.15) is 38.7 Å². The van der Waals surface area contributed by atoms with Gasteiger partial charge in [0.2, 0.25) is 17.6 Å². The Labute approximate surface area is 227 Å². The third-order valence-electron chi connectivity index (χ3n) is 8.13. The maximum absolute atomic E-state index is 14.2. The van der Waals surface area contributed by atoms with E-state index >= 15 is 0 Å². The SMILES string of the molecule is O=C(N/N=C\C12c3ccccc3C(c3ccccc31)[C@H]1C(=O)N(c3ccccc3)C(=O)[C@H]12)c1ccc([N+](=O)[O-])o1. The van der Waals surface area contributed by atoms with Crippen LogP contribution in [0, 0.1) is 22.0 Å². The van der Waals surface area contributed by atoms with Crippen molar-refractivity contribution in [2.24, 2.45) is 16.9 Å². The van der Waals surface area contributed by atoms with Crippen LogP contribution in [0.2, 0.25) is 0 Å². The van der Waals surface area contributed by atoms with Crippen LogP contribution in [0.4, 0.5) is 11.6 Å². The molecule has 4 aliphatic rings. The average molecular weight is 533 g/mol. The van der Waals surface area contributed by atoms with Gasteiger partial charge in [0.05, 0.1) is 29.0 Å². The number of hydrogen-bond donors (Lipinski definition) is 1. The molecular weight excluding hydrogens is 512 g/mol. The lowest BCUT2D eigenvalue weighted by Crippen LogP contribution is -2.54. The number of hydrogen-bond acceptors (Lipinski definition) is 7. The van der Waals surface area contributed by atoms with Crippen LogP contribution in [-0.4, -0.2) is 28.9 Å². The molecule has 1 saturated heterocycles. The van der Waals surface area contributed by atoms with Crippen molar-refractivity contribution in [3.63, 3.8) is 0 Å². The van der Waals surface area contributed by atoms with Gasteiger partial charge in [0.25, 0.3) is 0 Å². The van der Waals surface area contributed by atoms with Gasteiger partial charge in [-0.25, -0.2) is 10.3 Å². The number of nitrogens with zero attached hydrogens (tertiary/aromatic N) is 3. The number of anilines is 1. The first-order valence-corrected chi connectivity index (χ1v) is 12.6. The van der Waals surface area contributed by atoms with Gasteiger partial charge in [-0.2, -0.15) is 5.10 Å². The number of nitrogens with one attached hydrogen (secondary N) is 1. The molecule has 1 aliphatic heterocycles. The van der Waals surface area contributed by atoms with Crippen molar-refractivity contribution < 1.29 is 23.7 Å². The van der Waals surface area contributed by atoms with Crippen molar-refractivity contribution in [3.05, 3.63) is 129 Å². The minimum Gasteiger partial charge on any atom is -0.395 e. The summed E-state index contributed by atoms with van der Waals surface area (Å²) in [4.78, 5) is 52.5. The number of nitro groups is 1. The molecule has 3 aromatic carbocycles. The zero-order valence-corrected chi connectivity index (χ0v) is 20.8. The zero-order valence-electron chi connectivity index (χ0n) is 20.8. The second-order valence-corrected chi connectivity index (χ2v) is 9.97. The monoisotopic (exact) mass is 532 g/mol. The minimum atomic E-state index is -1.16. The molecule has 4 aromatic rings. The summed E-state index contributed by atoms with van der Waals surface area (Å²) < 4.78 is 4.99. The van der Waals surface area contributed by atoms with E-state index in [1.165, 1.54) is 17.2 Å². The highest BCUT2D eigenvalue weighted by atomic mass is 16.6. The lowest BCUT2D eigenvalue weighted by Gasteiger charge is -2.52. The van der Waals surface area contributed by atoms with Gasteiger partial charge >= 0.3 is 11.8 Å². The highest BCUT2D eigenvalue weighted by molar-refractivity contribution is 6.25. The summed E-state index contributed by atoms with van der Waals surface area (Å²) in [5, 5.41) is 15.2. The molecular formula is C30H20N4O6. The summed E-state index contributed by atoms with van der Waals surface area (Å²) in [6, 6.07) is 26.5. The van der Waals surface area contributed by atoms with Crippen LogP contribution in [-0.2, 0) is 15.0 Å². The van der Waals surface area contributed by atoms with Gasteiger partial charge in [0.15, 0.2) is 0 Å². The third kappa shape index (κ3) is 3.10. The second-order valence-electron chi connectivity index (χ2n) is 9.97. The molecule has 8 rings (SSSR count). The number of amides is 3. The Morgan fingerprint density at radius 3 is 2.15 bits per heavy atom. The van der Waals surface area contributed by atoms with Gasteiger partial charge in [0, 0.05) is 12.1 Å². The molecule has 3 amide bonds. The maximum Gasteiger partial charge on any atom is 0.433 e. The van der Waals surface area contributed by atoms with Crippen molar-refractivity contribution >= 4 is 35.5 Å². The van der Waals surface area contributed by atoms with Crippen molar-refractivity contribution in [2.45, 2.75) is 11.3 Å². The standard InChI is InChI=1S/C30H20N4O6/c35-27(22-14-15-23(40-22)34(38)39)32-31-16-30-20-12-6-4-10-18(20)24(19-11-5-7-13-21(19)30)25-26(30)29(37)33(28(25)36)17-8-2-1-3-9-17/h1-16,24-26H,(H,32,35)/b31-16-/t24?,25-,26+,30?/m1/s1. The van der Waals surface area contributed by atoms with E-state index < -0.39 is 34.0 Å². The van der Waals surface area contributed by atoms with E-state index in [9.17, 15) is 24.5 Å². The van der Waals surface area contributed by atoms with Crippen molar-refractivity contribution in [1.82, 2.24) is 5.43 Å². The summed E-state index contributed by atoms with van der Waals surface area (Å²) in [7, 11) is 0. The number of benzene rings is 3. The van der Waals surface area contributed by atoms with E-state index in [0.29, 0.717) is 5.69 Å². The van der Waals surface area contributed by atoms with Crippen LogP contribution in [0.5, 0.6) is 0 Å². The van der Waals surface area contributed by atoms with Crippen LogP contribution < -0.4 is 10.3 Å². The Balaban J connectivity index is 1.38. The second kappa shape index (κ2) is 8.57. The van der Waals surface area contributed by atoms with Crippen molar-refractivity contribution in [3.8, 4) is 0 Å². The number of carbonyl (C=O) groups is 3. The van der Waals surface area contributed by atoms with E-state index in [2.05, 4.69) is 10.5 Å². The topological polar surface area (TPSA) is 135 Å². The Bertz CT molecular complexity index is 1710. The molecule has 1 N–H and O–H groups in total. The molecule has 3 aliphatic carbocycles. The Kier molecular flexibility index (Phi) is 5.08. The summed E-state index contributed by atoms with van der Waals surface area (Å²) >= 11 is 0. The maximum atomic E-state index is 14.2. The molecule has 0 saturated carbocycles. The molecule has 40 heavy (non-hydrogen) atoms. The Morgan fingerprint density at radius 1 is 0.900 bits per heavy atom. The molecule has 2 bridgehead atoms. The smallest absolute Gasteiger partial charge is 0.395 e. The third-order valence-corrected chi connectivity index (χ3v) is 8.13. The summed E-state index contributed by atoms with van der Waals surface area (Å²) in [5.41, 5.74) is 5.26. The number of carbonyl (C=O) groups excluding carboxylic acids is 3. The van der Waals surface area contributed by atoms with E-state index in [0.717, 1.165) is 28.3 Å². The number of para-hydroxylation sites is 1. The minimum absolute atomic E-state index is 0.278. The van der Waals surface area contributed by atoms with Gasteiger partial charge in [-0.1, -0.05) is 66.7 Å². The van der Waals surface area contributed by atoms with Gasteiger partial charge in [-0.3, -0.25) is 24.5 Å². The van der Waals surface area contributed by atoms with Crippen LogP contribution >= 0.6 is 0 Å². The number of hydrazone groups is 1. The normalized spacial score (nSPS) is 24.1. The van der Waals surface area contributed by atoms with Crippen LogP contribution in [0.3, 0.4) is 0 Å². The Hall–Kier alpha value is -5.38. The molecule has 0 unspecified atom stereocenters. The quantitative estimate of drug-likeness (QED) is 0.178. The van der Waals surface area contributed by atoms with Crippen LogP contribution in [0.15, 0.2) is 101 Å². The lowest BCUT2D eigenvalue weighted by atomic mass is 9.47. The van der Waals surface area contributed by atoms with Gasteiger partial charge in [-0.05, 0) is 40.5 Å². The average Bonchev–Trinajstić information content (AvgIpc) is 3.58. The highest BCUT2D eigenvalue weighted by Crippen LogP contribution is 2.63. The predicted molar refractivity (Wildman–Crippen MR) is 143 cm³/mol. The largest absolute Gasteiger partial charge is 0.433 e. The Morgan fingerprint density at radius 2 is 1.52 bits per heavy atom. The molecule has 0 spiro atoms. The number of imide groups is 1. The number of rotatable bonds is 5. The lowest BCUT2D eigenvalue weighted by molar-refractivity contribution is -0.402. The molecule has 1 fully saturated rings. The summed E-state index contributed by atoms with van der Waals surface area (Å²) in [6.45, 7) is 0. The van der Waals surface area contributed by atoms with E-state index in [4.69, 9.17) is 4.42 Å².